The van der Waals surface area contributed by atoms with E-state index in [2.05, 4.69) is 18.7 Å². The first kappa shape index (κ1) is 7.88. The molecule has 3 saturated carbocycles. The van der Waals surface area contributed by atoms with Gasteiger partial charge in [0.25, 0.3) is 0 Å². The van der Waals surface area contributed by atoms with Crippen molar-refractivity contribution in [3.05, 3.63) is 0 Å². The molecule has 0 aromatic heterocycles. The molecule has 64 valence electrons. The summed E-state index contributed by atoms with van der Waals surface area (Å²) in [5.74, 6) is 1.81. The van der Waals surface area contributed by atoms with Crippen molar-refractivity contribution < 1.29 is 0 Å². The molecule has 0 aliphatic heterocycles. The fourth-order valence-corrected chi connectivity index (χ4v) is 3.20. The summed E-state index contributed by atoms with van der Waals surface area (Å²) < 4.78 is 0. The highest BCUT2D eigenvalue weighted by Crippen LogP contribution is 2.59. The molecule has 3 rings (SSSR count). The van der Waals surface area contributed by atoms with Crippen molar-refractivity contribution in [2.75, 3.05) is 0 Å². The van der Waals surface area contributed by atoms with E-state index in [9.17, 15) is 0 Å². The maximum absolute atomic E-state index is 5.68. The first-order valence-electron chi connectivity index (χ1n) is 4.52. The van der Waals surface area contributed by atoms with Gasteiger partial charge in [0.15, 0.2) is 0 Å². The Morgan fingerprint density at radius 3 is 2.45 bits per heavy atom. The fourth-order valence-electron chi connectivity index (χ4n) is 2.94. The van der Waals surface area contributed by atoms with Crippen LogP contribution in [0.1, 0.15) is 33.1 Å². The molecule has 2 heteroatoms. The highest BCUT2D eigenvalue weighted by Gasteiger charge is 2.53. The topological polar surface area (TPSA) is 12.0 Å². The lowest BCUT2D eigenvalue weighted by molar-refractivity contribution is -0.0816. The molecule has 3 fully saturated rings. The molecule has 0 heterocycles. The maximum atomic E-state index is 5.68. The second-order valence-electron chi connectivity index (χ2n) is 4.65. The lowest BCUT2D eigenvalue weighted by Crippen LogP contribution is -2.57. The molecular weight excluding hydrogens is 158 g/mol. The summed E-state index contributed by atoms with van der Waals surface area (Å²) in [6, 6.07) is 0.580. The van der Waals surface area contributed by atoms with E-state index < -0.39 is 0 Å². The SMILES string of the molecule is CC1(C)[C@H]2CC[C@H](NCl)[C@@H]1C2. The van der Waals surface area contributed by atoms with Crippen molar-refractivity contribution >= 4 is 11.8 Å². The molecule has 0 aromatic rings. The molecule has 0 spiro atoms. The molecular formula is C9H16ClN. The molecule has 11 heavy (non-hydrogen) atoms. The van der Waals surface area contributed by atoms with E-state index in [0.29, 0.717) is 11.5 Å². The summed E-state index contributed by atoms with van der Waals surface area (Å²) in [6.45, 7) is 4.76. The Labute approximate surface area is 73.6 Å². The first-order valence-corrected chi connectivity index (χ1v) is 4.90. The van der Waals surface area contributed by atoms with Crippen LogP contribution in [-0.4, -0.2) is 6.04 Å². The Hall–Kier alpha value is 0.250. The van der Waals surface area contributed by atoms with E-state index in [-0.39, 0.29) is 0 Å². The zero-order valence-electron chi connectivity index (χ0n) is 7.23. The molecule has 0 unspecified atom stereocenters. The van der Waals surface area contributed by atoms with Crippen LogP contribution in [0.25, 0.3) is 0 Å². The number of fused-ring (bicyclic) bond motifs is 2. The van der Waals surface area contributed by atoms with Gasteiger partial charge in [-0.05, 0) is 48.3 Å². The minimum atomic E-state index is 0.560. The van der Waals surface area contributed by atoms with Crippen LogP contribution in [0, 0.1) is 17.3 Å². The zero-order chi connectivity index (χ0) is 8.06. The van der Waals surface area contributed by atoms with Crippen molar-refractivity contribution in [3.8, 4) is 0 Å². The van der Waals surface area contributed by atoms with Crippen LogP contribution >= 0.6 is 11.8 Å². The van der Waals surface area contributed by atoms with Crippen LogP contribution in [0.2, 0.25) is 0 Å². The second-order valence-corrected chi connectivity index (χ2v) is 4.87. The summed E-state index contributed by atoms with van der Waals surface area (Å²) in [5, 5.41) is 0. The van der Waals surface area contributed by atoms with Gasteiger partial charge in [0, 0.05) is 6.04 Å². The Kier molecular flexibility index (Phi) is 1.69. The molecule has 0 amide bonds. The van der Waals surface area contributed by atoms with E-state index in [1.807, 2.05) is 0 Å². The van der Waals surface area contributed by atoms with E-state index in [4.69, 9.17) is 11.8 Å². The van der Waals surface area contributed by atoms with Gasteiger partial charge in [-0.15, -0.1) is 0 Å². The molecule has 2 bridgehead atoms. The van der Waals surface area contributed by atoms with Crippen molar-refractivity contribution in [1.82, 2.24) is 4.84 Å². The van der Waals surface area contributed by atoms with Gasteiger partial charge >= 0.3 is 0 Å². The molecule has 3 atom stereocenters. The van der Waals surface area contributed by atoms with E-state index in [0.717, 1.165) is 11.8 Å². The lowest BCUT2D eigenvalue weighted by Gasteiger charge is -2.59. The lowest BCUT2D eigenvalue weighted by atomic mass is 9.47. The van der Waals surface area contributed by atoms with Crippen molar-refractivity contribution in [2.24, 2.45) is 17.3 Å². The van der Waals surface area contributed by atoms with Gasteiger partial charge in [-0.1, -0.05) is 13.8 Å². The third kappa shape index (κ3) is 0.940. The smallest absolute Gasteiger partial charge is 0.0254 e. The average Bonchev–Trinajstić information content (AvgIpc) is 2.04. The van der Waals surface area contributed by atoms with Gasteiger partial charge in [-0.3, -0.25) is 0 Å². The van der Waals surface area contributed by atoms with E-state index in [1.54, 1.807) is 0 Å². The van der Waals surface area contributed by atoms with Gasteiger partial charge < -0.3 is 0 Å². The van der Waals surface area contributed by atoms with Crippen LogP contribution < -0.4 is 4.84 Å². The Morgan fingerprint density at radius 1 is 1.36 bits per heavy atom. The van der Waals surface area contributed by atoms with Crippen molar-refractivity contribution in [1.29, 1.82) is 0 Å². The summed E-state index contributed by atoms with van der Waals surface area (Å²) in [7, 11) is 0. The maximum Gasteiger partial charge on any atom is 0.0254 e. The first-order chi connectivity index (χ1) is 5.16. The number of hydrogen-bond donors (Lipinski definition) is 1. The van der Waals surface area contributed by atoms with Gasteiger partial charge in [0.1, 0.15) is 0 Å². The number of halogens is 1. The van der Waals surface area contributed by atoms with Crippen molar-refractivity contribution in [3.63, 3.8) is 0 Å². The molecule has 0 saturated heterocycles. The number of hydrogen-bond acceptors (Lipinski definition) is 1. The Morgan fingerprint density at radius 2 is 2.09 bits per heavy atom. The highest BCUT2D eigenvalue weighted by atomic mass is 35.5. The van der Waals surface area contributed by atoms with Gasteiger partial charge in [-0.2, -0.15) is 0 Å². The van der Waals surface area contributed by atoms with Crippen LogP contribution in [0.3, 0.4) is 0 Å². The van der Waals surface area contributed by atoms with Gasteiger partial charge in [-0.25, -0.2) is 4.84 Å². The summed E-state index contributed by atoms with van der Waals surface area (Å²) >= 11 is 5.68. The largest absolute Gasteiger partial charge is 0.230 e. The molecule has 1 N–H and O–H groups in total. The Bertz CT molecular complexity index is 165. The second kappa shape index (κ2) is 2.37. The van der Waals surface area contributed by atoms with Crippen LogP contribution in [0.5, 0.6) is 0 Å². The molecule has 0 radical (unpaired) electrons. The fraction of sp³-hybridized carbons (Fsp3) is 1.00. The van der Waals surface area contributed by atoms with Gasteiger partial charge in [0.05, 0.1) is 0 Å². The molecule has 3 aliphatic rings. The quantitative estimate of drug-likeness (QED) is 0.601. The normalized spacial score (nSPS) is 46.6. The zero-order valence-corrected chi connectivity index (χ0v) is 7.99. The molecule has 3 aliphatic carbocycles. The van der Waals surface area contributed by atoms with Crippen LogP contribution in [0.4, 0.5) is 0 Å². The number of rotatable bonds is 1. The average molecular weight is 174 g/mol. The minimum Gasteiger partial charge on any atom is -0.230 e. The predicted molar refractivity (Wildman–Crippen MR) is 47.4 cm³/mol. The highest BCUT2D eigenvalue weighted by molar-refractivity contribution is 6.13. The van der Waals surface area contributed by atoms with Gasteiger partial charge in [0.2, 0.25) is 0 Å². The third-order valence-electron chi connectivity index (χ3n) is 4.00. The third-order valence-corrected chi connectivity index (χ3v) is 4.28. The van der Waals surface area contributed by atoms with Crippen LogP contribution in [0.15, 0.2) is 0 Å². The Balaban J connectivity index is 2.10. The standard InChI is InChI=1S/C9H16ClN/c1-9(2)6-3-4-8(11-10)7(9)5-6/h6-8,11H,3-5H2,1-2H3/t6-,7-,8-/m0/s1. The minimum absolute atomic E-state index is 0.560. The van der Waals surface area contributed by atoms with E-state index >= 15 is 0 Å². The number of nitrogens with one attached hydrogen (secondary N) is 1. The summed E-state index contributed by atoms with van der Waals surface area (Å²) in [4.78, 5) is 2.92. The van der Waals surface area contributed by atoms with Crippen LogP contribution in [-0.2, 0) is 0 Å². The predicted octanol–water partition coefficient (Wildman–Crippen LogP) is 2.55. The summed E-state index contributed by atoms with van der Waals surface area (Å²) in [6.07, 6.45) is 4.05. The monoisotopic (exact) mass is 173 g/mol. The van der Waals surface area contributed by atoms with Crippen molar-refractivity contribution in [2.45, 2.75) is 39.2 Å². The molecule has 1 nitrogen and oxygen atoms in total. The molecule has 0 aromatic carbocycles. The summed E-state index contributed by atoms with van der Waals surface area (Å²) in [5.41, 5.74) is 0.560. The van der Waals surface area contributed by atoms with E-state index in [1.165, 1.54) is 19.3 Å².